The summed E-state index contributed by atoms with van der Waals surface area (Å²) >= 11 is 4.28. The van der Waals surface area contributed by atoms with Gasteiger partial charge >= 0.3 is 0 Å². The van der Waals surface area contributed by atoms with E-state index in [0.29, 0.717) is 6.61 Å². The fourth-order valence-electron chi connectivity index (χ4n) is 1.02. The first-order valence-electron chi connectivity index (χ1n) is 4.95. The summed E-state index contributed by atoms with van der Waals surface area (Å²) in [5, 5.41) is 0. The lowest BCUT2D eigenvalue weighted by Gasteiger charge is -2.22. The van der Waals surface area contributed by atoms with Crippen LogP contribution in [0.5, 0.6) is 11.5 Å². The van der Waals surface area contributed by atoms with E-state index in [1.54, 1.807) is 7.11 Å². The summed E-state index contributed by atoms with van der Waals surface area (Å²) in [6, 6.07) is 7.63. The maximum absolute atomic E-state index is 5.68. The molecule has 0 radical (unpaired) electrons. The van der Waals surface area contributed by atoms with Gasteiger partial charge in [-0.15, -0.1) is 0 Å². The van der Waals surface area contributed by atoms with E-state index in [1.807, 2.05) is 24.3 Å². The monoisotopic (exact) mass is 226 g/mol. The van der Waals surface area contributed by atoms with E-state index in [-0.39, 0.29) is 5.41 Å². The van der Waals surface area contributed by atoms with Crippen LogP contribution in [0.3, 0.4) is 0 Å². The Labute approximate surface area is 97.0 Å². The summed E-state index contributed by atoms with van der Waals surface area (Å²) in [6.07, 6.45) is 0. The molecule has 84 valence electrons. The molecular formula is C12H18O2S. The molecule has 1 aromatic carbocycles. The van der Waals surface area contributed by atoms with Gasteiger partial charge in [-0.25, -0.2) is 0 Å². The van der Waals surface area contributed by atoms with Crippen LogP contribution in [0.15, 0.2) is 24.3 Å². The van der Waals surface area contributed by atoms with Gasteiger partial charge < -0.3 is 9.47 Å². The highest BCUT2D eigenvalue weighted by atomic mass is 32.1. The van der Waals surface area contributed by atoms with Crippen molar-refractivity contribution in [2.24, 2.45) is 5.41 Å². The molecule has 0 aliphatic carbocycles. The standard InChI is InChI=1S/C12H18O2S/c1-12(2,9-15)8-14-11-6-4-5-10(7-11)13-3/h4-7,15H,8-9H2,1-3H3. The van der Waals surface area contributed by atoms with Crippen LogP contribution in [0.4, 0.5) is 0 Å². The quantitative estimate of drug-likeness (QED) is 0.778. The summed E-state index contributed by atoms with van der Waals surface area (Å²) in [7, 11) is 1.65. The lowest BCUT2D eigenvalue weighted by molar-refractivity contribution is 0.201. The summed E-state index contributed by atoms with van der Waals surface area (Å²) in [4.78, 5) is 0. The summed E-state index contributed by atoms with van der Waals surface area (Å²) < 4.78 is 10.8. The highest BCUT2D eigenvalue weighted by Gasteiger charge is 2.16. The molecule has 0 aliphatic rings. The minimum atomic E-state index is 0.0895. The Balaban J connectivity index is 2.57. The van der Waals surface area contributed by atoms with Crippen molar-refractivity contribution in [3.63, 3.8) is 0 Å². The van der Waals surface area contributed by atoms with Crippen LogP contribution < -0.4 is 9.47 Å². The first kappa shape index (κ1) is 12.2. The highest BCUT2D eigenvalue weighted by Crippen LogP contribution is 2.22. The molecule has 0 aromatic heterocycles. The molecule has 0 saturated heterocycles. The van der Waals surface area contributed by atoms with Crippen LogP contribution in [0.2, 0.25) is 0 Å². The Hall–Kier alpha value is -0.830. The van der Waals surface area contributed by atoms with Gasteiger partial charge in [-0.05, 0) is 17.9 Å². The van der Waals surface area contributed by atoms with E-state index in [0.717, 1.165) is 17.3 Å². The third kappa shape index (κ3) is 4.04. The topological polar surface area (TPSA) is 18.5 Å². The van der Waals surface area contributed by atoms with E-state index < -0.39 is 0 Å². The molecule has 1 rings (SSSR count). The lowest BCUT2D eigenvalue weighted by Crippen LogP contribution is -2.23. The smallest absolute Gasteiger partial charge is 0.123 e. The molecule has 0 saturated carbocycles. The minimum absolute atomic E-state index is 0.0895. The second-order valence-corrected chi connectivity index (χ2v) is 4.61. The van der Waals surface area contributed by atoms with Crippen molar-refractivity contribution in [3.05, 3.63) is 24.3 Å². The molecule has 0 heterocycles. The Bertz CT molecular complexity index is 310. The third-order valence-electron chi connectivity index (χ3n) is 2.10. The van der Waals surface area contributed by atoms with Crippen molar-refractivity contribution in [2.45, 2.75) is 13.8 Å². The molecule has 15 heavy (non-hydrogen) atoms. The summed E-state index contributed by atoms with van der Waals surface area (Å²) in [6.45, 7) is 4.91. The van der Waals surface area contributed by atoms with E-state index in [2.05, 4.69) is 26.5 Å². The molecular weight excluding hydrogens is 208 g/mol. The van der Waals surface area contributed by atoms with Crippen LogP contribution in [-0.2, 0) is 0 Å². The number of hydrogen-bond acceptors (Lipinski definition) is 3. The molecule has 0 bridgehead atoms. The predicted molar refractivity (Wildman–Crippen MR) is 66.1 cm³/mol. The number of methoxy groups -OCH3 is 1. The van der Waals surface area contributed by atoms with Crippen LogP contribution in [0.1, 0.15) is 13.8 Å². The van der Waals surface area contributed by atoms with Gasteiger partial charge in [0, 0.05) is 11.5 Å². The Morgan fingerprint density at radius 1 is 1.27 bits per heavy atom. The Kier molecular flexibility index (Phi) is 4.33. The highest BCUT2D eigenvalue weighted by molar-refractivity contribution is 7.80. The Morgan fingerprint density at radius 3 is 2.53 bits per heavy atom. The lowest BCUT2D eigenvalue weighted by atomic mass is 9.98. The Morgan fingerprint density at radius 2 is 1.93 bits per heavy atom. The normalized spacial score (nSPS) is 11.2. The van der Waals surface area contributed by atoms with Crippen molar-refractivity contribution >= 4 is 12.6 Å². The van der Waals surface area contributed by atoms with Crippen LogP contribution in [0, 0.1) is 5.41 Å². The molecule has 0 amide bonds. The largest absolute Gasteiger partial charge is 0.497 e. The van der Waals surface area contributed by atoms with Crippen molar-refractivity contribution < 1.29 is 9.47 Å². The number of ether oxygens (including phenoxy) is 2. The number of hydrogen-bond donors (Lipinski definition) is 1. The van der Waals surface area contributed by atoms with Crippen LogP contribution in [0.25, 0.3) is 0 Å². The van der Waals surface area contributed by atoms with E-state index >= 15 is 0 Å². The predicted octanol–water partition coefficient (Wildman–Crippen LogP) is 3.03. The van der Waals surface area contributed by atoms with Gasteiger partial charge in [0.15, 0.2) is 0 Å². The molecule has 0 N–H and O–H groups in total. The minimum Gasteiger partial charge on any atom is -0.497 e. The zero-order valence-corrected chi connectivity index (χ0v) is 10.4. The molecule has 0 atom stereocenters. The first-order chi connectivity index (χ1) is 7.07. The number of thiol groups is 1. The van der Waals surface area contributed by atoms with Gasteiger partial charge in [0.1, 0.15) is 11.5 Å². The number of rotatable bonds is 5. The second kappa shape index (κ2) is 5.31. The maximum atomic E-state index is 5.68. The first-order valence-corrected chi connectivity index (χ1v) is 5.58. The van der Waals surface area contributed by atoms with Crippen molar-refractivity contribution in [1.82, 2.24) is 0 Å². The molecule has 3 heteroatoms. The molecule has 0 unspecified atom stereocenters. The molecule has 0 spiro atoms. The summed E-state index contributed by atoms with van der Waals surface area (Å²) in [5.41, 5.74) is 0.0895. The zero-order chi connectivity index (χ0) is 11.3. The van der Waals surface area contributed by atoms with Crippen molar-refractivity contribution in [2.75, 3.05) is 19.5 Å². The van der Waals surface area contributed by atoms with Gasteiger partial charge in [0.25, 0.3) is 0 Å². The average molecular weight is 226 g/mol. The van der Waals surface area contributed by atoms with Gasteiger partial charge in [-0.2, -0.15) is 12.6 Å². The third-order valence-corrected chi connectivity index (χ3v) is 2.95. The maximum Gasteiger partial charge on any atom is 0.123 e. The SMILES string of the molecule is COc1cccc(OCC(C)(C)CS)c1. The van der Waals surface area contributed by atoms with E-state index in [4.69, 9.17) is 9.47 Å². The van der Waals surface area contributed by atoms with E-state index in [9.17, 15) is 0 Å². The fourth-order valence-corrected chi connectivity index (χ4v) is 1.11. The van der Waals surface area contributed by atoms with Gasteiger partial charge in [0.2, 0.25) is 0 Å². The van der Waals surface area contributed by atoms with Crippen molar-refractivity contribution in [1.29, 1.82) is 0 Å². The fraction of sp³-hybridized carbons (Fsp3) is 0.500. The number of benzene rings is 1. The van der Waals surface area contributed by atoms with Gasteiger partial charge in [-0.3, -0.25) is 0 Å². The molecule has 2 nitrogen and oxygen atoms in total. The second-order valence-electron chi connectivity index (χ2n) is 4.29. The summed E-state index contributed by atoms with van der Waals surface area (Å²) in [5.74, 6) is 2.46. The molecule has 0 fully saturated rings. The molecule has 0 aliphatic heterocycles. The van der Waals surface area contributed by atoms with Gasteiger partial charge in [-0.1, -0.05) is 19.9 Å². The van der Waals surface area contributed by atoms with E-state index in [1.165, 1.54) is 0 Å². The van der Waals surface area contributed by atoms with Gasteiger partial charge in [0.05, 0.1) is 13.7 Å². The van der Waals surface area contributed by atoms with Crippen LogP contribution >= 0.6 is 12.6 Å². The average Bonchev–Trinajstić information content (AvgIpc) is 2.27. The zero-order valence-electron chi connectivity index (χ0n) is 9.49. The molecule has 1 aromatic rings. The van der Waals surface area contributed by atoms with Crippen LogP contribution in [-0.4, -0.2) is 19.5 Å². The van der Waals surface area contributed by atoms with Crippen molar-refractivity contribution in [3.8, 4) is 11.5 Å².